The molecule has 2 aromatic rings. The number of nitrogens with zero attached hydrogens (tertiary/aromatic N) is 1. The number of anilines is 1. The van der Waals surface area contributed by atoms with E-state index in [4.69, 9.17) is 5.73 Å². The molecule has 0 amide bonds. The topological polar surface area (TPSA) is 63.4 Å². The summed E-state index contributed by atoms with van der Waals surface area (Å²) in [6.45, 7) is 0.319. The molecule has 2 rings (SSSR count). The first kappa shape index (κ1) is 15.0. The van der Waals surface area contributed by atoms with E-state index in [2.05, 4.69) is 15.9 Å². The van der Waals surface area contributed by atoms with Crippen LogP contribution in [0.3, 0.4) is 0 Å². The second kappa shape index (κ2) is 5.95. The molecule has 0 saturated heterocycles. The zero-order valence-electron chi connectivity index (χ0n) is 11.0. The number of hydrogen-bond donors (Lipinski definition) is 1. The number of hydrogen-bond acceptors (Lipinski definition) is 3. The van der Waals surface area contributed by atoms with Crippen LogP contribution in [-0.4, -0.2) is 19.8 Å². The van der Waals surface area contributed by atoms with Gasteiger partial charge in [0.1, 0.15) is 0 Å². The Balaban J connectivity index is 2.30. The molecule has 0 fully saturated rings. The Morgan fingerprint density at radius 2 is 1.80 bits per heavy atom. The third kappa shape index (κ3) is 3.20. The fraction of sp³-hybridized carbons (Fsp3) is 0.143. The summed E-state index contributed by atoms with van der Waals surface area (Å²) in [7, 11) is -1.99. The van der Waals surface area contributed by atoms with Crippen LogP contribution in [0.2, 0.25) is 0 Å². The molecule has 0 spiro atoms. The number of sulfonamides is 1. The SMILES string of the molecule is CN(Cc1ccccc1)S(=O)(=O)c1ccc(N)cc1Br. The van der Waals surface area contributed by atoms with Crippen molar-refractivity contribution in [3.05, 3.63) is 58.6 Å². The van der Waals surface area contributed by atoms with E-state index in [1.54, 1.807) is 19.2 Å². The number of benzene rings is 2. The molecule has 2 aromatic carbocycles. The van der Waals surface area contributed by atoms with Crippen LogP contribution in [0, 0.1) is 0 Å². The van der Waals surface area contributed by atoms with Gasteiger partial charge < -0.3 is 5.73 Å². The molecule has 6 heteroatoms. The van der Waals surface area contributed by atoms with Gasteiger partial charge in [0, 0.05) is 23.8 Å². The molecule has 0 unspecified atom stereocenters. The highest BCUT2D eigenvalue weighted by Gasteiger charge is 2.23. The van der Waals surface area contributed by atoms with E-state index >= 15 is 0 Å². The minimum absolute atomic E-state index is 0.213. The molecule has 0 radical (unpaired) electrons. The van der Waals surface area contributed by atoms with Crippen molar-refractivity contribution in [3.63, 3.8) is 0 Å². The minimum atomic E-state index is -3.55. The van der Waals surface area contributed by atoms with Crippen LogP contribution in [-0.2, 0) is 16.6 Å². The van der Waals surface area contributed by atoms with Crippen molar-refractivity contribution in [3.8, 4) is 0 Å². The van der Waals surface area contributed by atoms with E-state index in [1.165, 1.54) is 10.4 Å². The van der Waals surface area contributed by atoms with E-state index in [0.717, 1.165) is 5.56 Å². The number of rotatable bonds is 4. The zero-order valence-corrected chi connectivity index (χ0v) is 13.4. The van der Waals surface area contributed by atoms with Gasteiger partial charge in [0.15, 0.2) is 0 Å². The van der Waals surface area contributed by atoms with Gasteiger partial charge in [-0.05, 0) is 39.7 Å². The summed E-state index contributed by atoms with van der Waals surface area (Å²) in [5, 5.41) is 0. The van der Waals surface area contributed by atoms with Crippen molar-refractivity contribution in [2.45, 2.75) is 11.4 Å². The first-order chi connectivity index (χ1) is 9.41. The molecule has 0 atom stereocenters. The Hall–Kier alpha value is -1.37. The zero-order chi connectivity index (χ0) is 14.8. The van der Waals surface area contributed by atoms with Crippen LogP contribution in [0.25, 0.3) is 0 Å². The summed E-state index contributed by atoms with van der Waals surface area (Å²) in [5.41, 5.74) is 7.08. The molecule has 0 bridgehead atoms. The first-order valence-corrected chi connectivity index (χ1v) is 8.20. The van der Waals surface area contributed by atoms with Crippen molar-refractivity contribution in [2.75, 3.05) is 12.8 Å². The highest BCUT2D eigenvalue weighted by molar-refractivity contribution is 9.10. The summed E-state index contributed by atoms with van der Waals surface area (Å²) in [6, 6.07) is 14.1. The standard InChI is InChI=1S/C14H15BrN2O2S/c1-17(10-11-5-3-2-4-6-11)20(18,19)14-8-7-12(16)9-13(14)15/h2-9H,10,16H2,1H3. The lowest BCUT2D eigenvalue weighted by atomic mass is 10.2. The maximum atomic E-state index is 12.5. The molecule has 2 N–H and O–H groups in total. The third-order valence-electron chi connectivity index (χ3n) is 2.89. The molecule has 0 heterocycles. The highest BCUT2D eigenvalue weighted by atomic mass is 79.9. The Morgan fingerprint density at radius 1 is 1.15 bits per heavy atom. The molecule has 0 aliphatic heterocycles. The van der Waals surface area contributed by atoms with Gasteiger partial charge in [-0.1, -0.05) is 30.3 Å². The molecule has 20 heavy (non-hydrogen) atoms. The maximum absolute atomic E-state index is 12.5. The van der Waals surface area contributed by atoms with Crippen molar-refractivity contribution in [2.24, 2.45) is 0 Å². The Bertz CT molecular complexity index is 702. The first-order valence-electron chi connectivity index (χ1n) is 5.96. The minimum Gasteiger partial charge on any atom is -0.399 e. The van der Waals surface area contributed by atoms with Gasteiger partial charge in [-0.25, -0.2) is 8.42 Å². The van der Waals surface area contributed by atoms with Crippen LogP contribution < -0.4 is 5.73 Å². The van der Waals surface area contributed by atoms with Crippen molar-refractivity contribution < 1.29 is 8.42 Å². The fourth-order valence-corrected chi connectivity index (χ4v) is 4.03. The van der Waals surface area contributed by atoms with Gasteiger partial charge in [0.2, 0.25) is 10.0 Å². The summed E-state index contributed by atoms with van der Waals surface area (Å²) >= 11 is 3.25. The molecule has 0 aliphatic carbocycles. The van der Waals surface area contributed by atoms with E-state index in [1.807, 2.05) is 30.3 Å². The molecule has 106 valence electrons. The van der Waals surface area contributed by atoms with E-state index in [9.17, 15) is 8.42 Å². The maximum Gasteiger partial charge on any atom is 0.244 e. The number of nitrogens with two attached hydrogens (primary N) is 1. The molecule has 4 nitrogen and oxygen atoms in total. The van der Waals surface area contributed by atoms with E-state index < -0.39 is 10.0 Å². The Labute approximate surface area is 127 Å². The van der Waals surface area contributed by atoms with E-state index in [-0.39, 0.29) is 4.90 Å². The molecular weight excluding hydrogens is 340 g/mol. The van der Waals surface area contributed by atoms with Crippen molar-refractivity contribution in [1.82, 2.24) is 4.31 Å². The third-order valence-corrected chi connectivity index (χ3v) is 5.67. The lowest BCUT2D eigenvalue weighted by molar-refractivity contribution is 0.466. The smallest absolute Gasteiger partial charge is 0.244 e. The molecule has 0 saturated carbocycles. The van der Waals surface area contributed by atoms with Gasteiger partial charge in [0.25, 0.3) is 0 Å². The highest BCUT2D eigenvalue weighted by Crippen LogP contribution is 2.27. The van der Waals surface area contributed by atoms with Crippen molar-refractivity contribution >= 4 is 31.6 Å². The van der Waals surface area contributed by atoms with Crippen molar-refractivity contribution in [1.29, 1.82) is 0 Å². The van der Waals surface area contributed by atoms with E-state index in [0.29, 0.717) is 16.7 Å². The summed E-state index contributed by atoms with van der Waals surface area (Å²) in [6.07, 6.45) is 0. The summed E-state index contributed by atoms with van der Waals surface area (Å²) < 4.78 is 26.8. The predicted octanol–water partition coefficient (Wildman–Crippen LogP) is 2.85. The summed E-state index contributed by atoms with van der Waals surface area (Å²) in [4.78, 5) is 0.213. The number of nitrogen functional groups attached to an aromatic ring is 1. The van der Waals surface area contributed by atoms with Crippen LogP contribution >= 0.6 is 15.9 Å². The second-order valence-corrected chi connectivity index (χ2v) is 7.30. The molecule has 0 aliphatic rings. The van der Waals surface area contributed by atoms with Crippen LogP contribution in [0.5, 0.6) is 0 Å². The van der Waals surface area contributed by atoms with Crippen LogP contribution in [0.15, 0.2) is 57.9 Å². The second-order valence-electron chi connectivity index (χ2n) is 4.44. The monoisotopic (exact) mass is 354 g/mol. The van der Waals surface area contributed by atoms with Crippen LogP contribution in [0.1, 0.15) is 5.56 Å². The lowest BCUT2D eigenvalue weighted by Gasteiger charge is -2.18. The normalized spacial score (nSPS) is 11.8. The Morgan fingerprint density at radius 3 is 2.40 bits per heavy atom. The molecular formula is C14H15BrN2O2S. The van der Waals surface area contributed by atoms with Gasteiger partial charge in [-0.3, -0.25) is 0 Å². The number of halogens is 1. The molecule has 0 aromatic heterocycles. The Kier molecular flexibility index (Phi) is 4.47. The van der Waals surface area contributed by atoms with Gasteiger partial charge in [-0.2, -0.15) is 4.31 Å². The average molecular weight is 355 g/mol. The predicted molar refractivity (Wildman–Crippen MR) is 83.6 cm³/mol. The average Bonchev–Trinajstić information content (AvgIpc) is 2.39. The largest absolute Gasteiger partial charge is 0.399 e. The van der Waals surface area contributed by atoms with Gasteiger partial charge in [0.05, 0.1) is 4.90 Å². The van der Waals surface area contributed by atoms with Gasteiger partial charge >= 0.3 is 0 Å². The summed E-state index contributed by atoms with van der Waals surface area (Å²) in [5.74, 6) is 0. The fourth-order valence-electron chi connectivity index (χ4n) is 1.82. The lowest BCUT2D eigenvalue weighted by Crippen LogP contribution is -2.26. The quantitative estimate of drug-likeness (QED) is 0.858. The van der Waals surface area contributed by atoms with Crippen LogP contribution in [0.4, 0.5) is 5.69 Å². The van der Waals surface area contributed by atoms with Gasteiger partial charge in [-0.15, -0.1) is 0 Å².